The fourth-order valence-electron chi connectivity index (χ4n) is 2.47. The largest absolute Gasteiger partial charge is 0.378 e. The van der Waals surface area contributed by atoms with Crippen LogP contribution in [0, 0.1) is 0 Å². The van der Waals surface area contributed by atoms with Crippen molar-refractivity contribution in [2.45, 2.75) is 77.2 Å². The van der Waals surface area contributed by atoms with E-state index < -0.39 is 0 Å². The molecule has 1 aliphatic rings. The zero-order valence-electron chi connectivity index (χ0n) is 11.7. The molecule has 2 heteroatoms. The van der Waals surface area contributed by atoms with Crippen LogP contribution in [0.25, 0.3) is 0 Å². The van der Waals surface area contributed by atoms with Crippen LogP contribution < -0.4 is 5.32 Å². The zero-order chi connectivity index (χ0) is 12.2. The Kier molecular flexibility index (Phi) is 9.72. The molecular formula is C15H31NO. The van der Waals surface area contributed by atoms with Crippen molar-refractivity contribution < 1.29 is 4.74 Å². The first-order valence-corrected chi connectivity index (χ1v) is 7.76. The van der Waals surface area contributed by atoms with E-state index in [-0.39, 0.29) is 0 Å². The third-order valence-corrected chi connectivity index (χ3v) is 3.62. The smallest absolute Gasteiger partial charge is 0.0588 e. The van der Waals surface area contributed by atoms with Crippen molar-refractivity contribution in [3.8, 4) is 0 Å². The van der Waals surface area contributed by atoms with Crippen LogP contribution in [-0.4, -0.2) is 25.8 Å². The molecule has 1 atom stereocenters. The Labute approximate surface area is 108 Å². The summed E-state index contributed by atoms with van der Waals surface area (Å²) in [5.74, 6) is 0. The molecule has 0 radical (unpaired) electrons. The predicted molar refractivity (Wildman–Crippen MR) is 74.5 cm³/mol. The van der Waals surface area contributed by atoms with Crippen molar-refractivity contribution in [1.82, 2.24) is 5.32 Å². The summed E-state index contributed by atoms with van der Waals surface area (Å²) in [5, 5.41) is 3.53. The van der Waals surface area contributed by atoms with Gasteiger partial charge in [-0.15, -0.1) is 0 Å². The van der Waals surface area contributed by atoms with Crippen LogP contribution in [0.5, 0.6) is 0 Å². The minimum Gasteiger partial charge on any atom is -0.378 e. The summed E-state index contributed by atoms with van der Waals surface area (Å²) in [4.78, 5) is 0. The Hall–Kier alpha value is -0.0800. The summed E-state index contributed by atoms with van der Waals surface area (Å²) in [7, 11) is 0. The highest BCUT2D eigenvalue weighted by molar-refractivity contribution is 4.65. The summed E-state index contributed by atoms with van der Waals surface area (Å²) in [6, 6.07) is 0. The SMILES string of the molecule is CCCCCCCCCNCCC1CCCO1. The number of ether oxygens (including phenoxy) is 1. The van der Waals surface area contributed by atoms with Crippen LogP contribution in [0.2, 0.25) is 0 Å². The van der Waals surface area contributed by atoms with Crippen molar-refractivity contribution in [3.05, 3.63) is 0 Å². The van der Waals surface area contributed by atoms with Crippen LogP contribution >= 0.6 is 0 Å². The Balaban J connectivity index is 1.69. The maximum atomic E-state index is 5.60. The Morgan fingerprint density at radius 3 is 2.47 bits per heavy atom. The van der Waals surface area contributed by atoms with Gasteiger partial charge in [-0.2, -0.15) is 0 Å². The van der Waals surface area contributed by atoms with Crippen molar-refractivity contribution in [2.75, 3.05) is 19.7 Å². The molecule has 0 aliphatic carbocycles. The summed E-state index contributed by atoms with van der Waals surface area (Å²) in [6.45, 7) is 5.60. The normalized spacial score (nSPS) is 19.9. The molecule has 0 amide bonds. The first kappa shape index (κ1) is 15.0. The van der Waals surface area contributed by atoms with Gasteiger partial charge < -0.3 is 10.1 Å². The van der Waals surface area contributed by atoms with Crippen molar-refractivity contribution >= 4 is 0 Å². The highest BCUT2D eigenvalue weighted by Gasteiger charge is 2.13. The predicted octanol–water partition coefficient (Wildman–Crippen LogP) is 3.90. The lowest BCUT2D eigenvalue weighted by Gasteiger charge is -2.09. The van der Waals surface area contributed by atoms with E-state index in [2.05, 4.69) is 12.2 Å². The van der Waals surface area contributed by atoms with E-state index in [1.54, 1.807) is 0 Å². The van der Waals surface area contributed by atoms with Gasteiger partial charge in [0.2, 0.25) is 0 Å². The minimum atomic E-state index is 0.552. The van der Waals surface area contributed by atoms with Gasteiger partial charge in [-0.05, 0) is 38.8 Å². The quantitative estimate of drug-likeness (QED) is 0.554. The molecule has 1 rings (SSSR count). The first-order valence-electron chi connectivity index (χ1n) is 7.76. The molecule has 1 N–H and O–H groups in total. The van der Waals surface area contributed by atoms with E-state index in [1.807, 2.05) is 0 Å². The lowest BCUT2D eigenvalue weighted by atomic mass is 10.1. The Morgan fingerprint density at radius 2 is 1.76 bits per heavy atom. The number of nitrogens with one attached hydrogen (secondary N) is 1. The van der Waals surface area contributed by atoms with Gasteiger partial charge in [0.05, 0.1) is 6.10 Å². The van der Waals surface area contributed by atoms with E-state index in [0.29, 0.717) is 6.10 Å². The van der Waals surface area contributed by atoms with Gasteiger partial charge in [0.1, 0.15) is 0 Å². The molecule has 0 aromatic carbocycles. The van der Waals surface area contributed by atoms with Crippen LogP contribution in [-0.2, 0) is 4.74 Å². The molecule has 1 fully saturated rings. The lowest BCUT2D eigenvalue weighted by Crippen LogP contribution is -2.21. The molecule has 0 bridgehead atoms. The van der Waals surface area contributed by atoms with Crippen LogP contribution in [0.4, 0.5) is 0 Å². The van der Waals surface area contributed by atoms with Gasteiger partial charge >= 0.3 is 0 Å². The standard InChI is InChI=1S/C15H31NO/c1-2-3-4-5-6-7-8-12-16-13-11-15-10-9-14-17-15/h15-16H,2-14H2,1H3. The third kappa shape index (κ3) is 8.62. The molecule has 2 nitrogen and oxygen atoms in total. The van der Waals surface area contributed by atoms with E-state index in [1.165, 1.54) is 70.8 Å². The van der Waals surface area contributed by atoms with Gasteiger partial charge in [-0.3, -0.25) is 0 Å². The van der Waals surface area contributed by atoms with Crippen molar-refractivity contribution in [2.24, 2.45) is 0 Å². The highest BCUT2D eigenvalue weighted by atomic mass is 16.5. The van der Waals surface area contributed by atoms with E-state index in [4.69, 9.17) is 4.74 Å². The van der Waals surface area contributed by atoms with E-state index in [9.17, 15) is 0 Å². The highest BCUT2D eigenvalue weighted by Crippen LogP contribution is 2.14. The van der Waals surface area contributed by atoms with Gasteiger partial charge in [0, 0.05) is 6.61 Å². The molecule has 17 heavy (non-hydrogen) atoms. The fraction of sp³-hybridized carbons (Fsp3) is 1.00. The third-order valence-electron chi connectivity index (χ3n) is 3.62. The number of rotatable bonds is 11. The van der Waals surface area contributed by atoms with Gasteiger partial charge in [0.25, 0.3) is 0 Å². The van der Waals surface area contributed by atoms with Crippen molar-refractivity contribution in [1.29, 1.82) is 0 Å². The maximum absolute atomic E-state index is 5.60. The monoisotopic (exact) mass is 241 g/mol. The topological polar surface area (TPSA) is 21.3 Å². The Bertz CT molecular complexity index is 155. The second-order valence-corrected chi connectivity index (χ2v) is 5.30. The van der Waals surface area contributed by atoms with Gasteiger partial charge in [-0.25, -0.2) is 0 Å². The summed E-state index contributed by atoms with van der Waals surface area (Å²) in [6.07, 6.45) is 14.1. The molecule has 1 saturated heterocycles. The molecule has 0 aromatic rings. The zero-order valence-corrected chi connectivity index (χ0v) is 11.7. The number of hydrogen-bond donors (Lipinski definition) is 1. The molecule has 102 valence electrons. The molecular weight excluding hydrogens is 210 g/mol. The Morgan fingerprint density at radius 1 is 1.00 bits per heavy atom. The molecule has 1 unspecified atom stereocenters. The number of hydrogen-bond acceptors (Lipinski definition) is 2. The minimum absolute atomic E-state index is 0.552. The second kappa shape index (κ2) is 11.0. The molecule has 0 spiro atoms. The molecule has 1 aliphatic heterocycles. The maximum Gasteiger partial charge on any atom is 0.0588 e. The second-order valence-electron chi connectivity index (χ2n) is 5.30. The van der Waals surface area contributed by atoms with E-state index in [0.717, 1.165) is 13.2 Å². The van der Waals surface area contributed by atoms with Gasteiger partial charge in [0.15, 0.2) is 0 Å². The van der Waals surface area contributed by atoms with Crippen LogP contribution in [0.15, 0.2) is 0 Å². The lowest BCUT2D eigenvalue weighted by molar-refractivity contribution is 0.104. The average Bonchev–Trinajstić information content (AvgIpc) is 2.85. The molecule has 0 aromatic heterocycles. The van der Waals surface area contributed by atoms with E-state index >= 15 is 0 Å². The van der Waals surface area contributed by atoms with Crippen LogP contribution in [0.3, 0.4) is 0 Å². The first-order chi connectivity index (χ1) is 8.43. The average molecular weight is 241 g/mol. The van der Waals surface area contributed by atoms with Crippen LogP contribution in [0.1, 0.15) is 71.1 Å². The summed E-state index contributed by atoms with van der Waals surface area (Å²) in [5.41, 5.74) is 0. The summed E-state index contributed by atoms with van der Waals surface area (Å²) >= 11 is 0. The molecule has 0 saturated carbocycles. The fourth-order valence-corrected chi connectivity index (χ4v) is 2.47. The molecule has 1 heterocycles. The van der Waals surface area contributed by atoms with Crippen molar-refractivity contribution in [3.63, 3.8) is 0 Å². The number of unbranched alkanes of at least 4 members (excludes halogenated alkanes) is 6. The van der Waals surface area contributed by atoms with Gasteiger partial charge in [-0.1, -0.05) is 45.4 Å². The summed E-state index contributed by atoms with van der Waals surface area (Å²) < 4.78 is 5.60.